The lowest BCUT2D eigenvalue weighted by atomic mass is 9.99. The Labute approximate surface area is 191 Å². The molecule has 4 aromatic rings. The maximum absolute atomic E-state index is 13.4. The van der Waals surface area contributed by atoms with Crippen molar-refractivity contribution in [2.24, 2.45) is 0 Å². The minimum atomic E-state index is -0.365. The summed E-state index contributed by atoms with van der Waals surface area (Å²) >= 11 is 0. The van der Waals surface area contributed by atoms with E-state index in [9.17, 15) is 14.0 Å². The molecule has 0 unspecified atom stereocenters. The van der Waals surface area contributed by atoms with E-state index in [0.717, 1.165) is 17.5 Å². The van der Waals surface area contributed by atoms with Crippen LogP contribution in [0.15, 0.2) is 71.1 Å². The fourth-order valence-corrected chi connectivity index (χ4v) is 3.68. The van der Waals surface area contributed by atoms with Crippen LogP contribution < -0.4 is 10.6 Å². The summed E-state index contributed by atoms with van der Waals surface area (Å²) in [5, 5.41) is 6.28. The molecule has 4 rings (SSSR count). The summed E-state index contributed by atoms with van der Waals surface area (Å²) in [6.07, 6.45) is 0.848. The molecule has 3 aromatic carbocycles. The lowest BCUT2D eigenvalue weighted by Crippen LogP contribution is -2.31. The summed E-state index contributed by atoms with van der Waals surface area (Å²) in [5.74, 6) is -0.411. The van der Waals surface area contributed by atoms with Gasteiger partial charge in [-0.15, -0.1) is 0 Å². The van der Waals surface area contributed by atoms with Gasteiger partial charge < -0.3 is 15.1 Å². The third-order valence-electron chi connectivity index (χ3n) is 5.70. The van der Waals surface area contributed by atoms with Crippen LogP contribution in [-0.2, 0) is 0 Å². The van der Waals surface area contributed by atoms with E-state index in [1.54, 1.807) is 31.3 Å². The molecule has 6 heteroatoms. The van der Waals surface area contributed by atoms with Crippen molar-refractivity contribution >= 4 is 22.8 Å². The molecule has 1 atom stereocenters. The molecule has 0 bridgehead atoms. The molecule has 0 saturated carbocycles. The standard InChI is InChI=1S/C27H25FN2O3/c1-4-16(2)30-26(31)20-7-5-6-18(14-20)19-10-13-23-22(15-19)24(27(32)29-3)25(33-23)17-8-11-21(28)12-9-17/h5-16H,4H2,1-3H3,(H,29,32)(H,30,31)/t16-/m0/s1. The van der Waals surface area contributed by atoms with Gasteiger partial charge in [-0.2, -0.15) is 0 Å². The van der Waals surface area contributed by atoms with Gasteiger partial charge in [0.1, 0.15) is 17.2 Å². The number of hydrogen-bond acceptors (Lipinski definition) is 3. The van der Waals surface area contributed by atoms with Crippen molar-refractivity contribution in [3.63, 3.8) is 0 Å². The first-order chi connectivity index (χ1) is 15.9. The van der Waals surface area contributed by atoms with E-state index in [0.29, 0.717) is 33.4 Å². The number of nitrogens with one attached hydrogen (secondary N) is 2. The molecule has 1 aromatic heterocycles. The summed E-state index contributed by atoms with van der Waals surface area (Å²) < 4.78 is 19.4. The summed E-state index contributed by atoms with van der Waals surface area (Å²) in [6, 6.07) is 18.8. The number of amides is 2. The van der Waals surface area contributed by atoms with Gasteiger partial charge in [-0.25, -0.2) is 4.39 Å². The fourth-order valence-electron chi connectivity index (χ4n) is 3.68. The third-order valence-corrected chi connectivity index (χ3v) is 5.70. The molecule has 0 aliphatic carbocycles. The Morgan fingerprint density at radius 1 is 0.939 bits per heavy atom. The van der Waals surface area contributed by atoms with Gasteiger partial charge in [-0.05, 0) is 73.0 Å². The summed E-state index contributed by atoms with van der Waals surface area (Å²) in [7, 11) is 1.55. The molecule has 1 heterocycles. The second-order valence-corrected chi connectivity index (χ2v) is 7.97. The monoisotopic (exact) mass is 444 g/mol. The van der Waals surface area contributed by atoms with E-state index in [2.05, 4.69) is 10.6 Å². The van der Waals surface area contributed by atoms with Crippen LogP contribution in [0.4, 0.5) is 4.39 Å². The summed E-state index contributed by atoms with van der Waals surface area (Å²) in [6.45, 7) is 3.99. The minimum absolute atomic E-state index is 0.0865. The lowest BCUT2D eigenvalue weighted by molar-refractivity contribution is 0.0937. The molecule has 5 nitrogen and oxygen atoms in total. The lowest BCUT2D eigenvalue weighted by Gasteiger charge is -2.12. The number of carbonyl (C=O) groups is 2. The highest BCUT2D eigenvalue weighted by Crippen LogP contribution is 2.36. The SMILES string of the molecule is CC[C@H](C)NC(=O)c1cccc(-c2ccc3oc(-c4ccc(F)cc4)c(C(=O)NC)c3c2)c1. The van der Waals surface area contributed by atoms with Crippen molar-refractivity contribution in [2.45, 2.75) is 26.3 Å². The highest BCUT2D eigenvalue weighted by atomic mass is 19.1. The average Bonchev–Trinajstić information content (AvgIpc) is 3.22. The molecule has 0 fully saturated rings. The fraction of sp³-hybridized carbons (Fsp3) is 0.185. The normalized spacial score (nSPS) is 11.9. The quantitative estimate of drug-likeness (QED) is 0.395. The molecular formula is C27H25FN2O3. The Bertz CT molecular complexity index is 1330. The maximum Gasteiger partial charge on any atom is 0.255 e. The molecule has 0 aliphatic rings. The van der Waals surface area contributed by atoms with Crippen LogP contribution in [0.2, 0.25) is 0 Å². The van der Waals surface area contributed by atoms with E-state index in [4.69, 9.17) is 4.42 Å². The Morgan fingerprint density at radius 3 is 2.33 bits per heavy atom. The van der Waals surface area contributed by atoms with Gasteiger partial charge >= 0.3 is 0 Å². The zero-order valence-electron chi connectivity index (χ0n) is 18.7. The number of benzene rings is 3. The van der Waals surface area contributed by atoms with Crippen LogP contribution in [-0.4, -0.2) is 24.9 Å². The van der Waals surface area contributed by atoms with Gasteiger partial charge in [0.15, 0.2) is 0 Å². The highest BCUT2D eigenvalue weighted by molar-refractivity contribution is 6.11. The van der Waals surface area contributed by atoms with Crippen molar-refractivity contribution in [2.75, 3.05) is 7.05 Å². The van der Waals surface area contributed by atoms with Gasteiger partial charge in [0.05, 0.1) is 5.56 Å². The van der Waals surface area contributed by atoms with Crippen molar-refractivity contribution < 1.29 is 18.4 Å². The molecule has 0 radical (unpaired) electrons. The second-order valence-electron chi connectivity index (χ2n) is 7.97. The Morgan fingerprint density at radius 2 is 1.64 bits per heavy atom. The van der Waals surface area contributed by atoms with Crippen LogP contribution in [0.1, 0.15) is 41.0 Å². The van der Waals surface area contributed by atoms with Gasteiger partial charge in [-0.3, -0.25) is 9.59 Å². The predicted molar refractivity (Wildman–Crippen MR) is 128 cm³/mol. The number of fused-ring (bicyclic) bond motifs is 1. The largest absolute Gasteiger partial charge is 0.455 e. The molecule has 2 amide bonds. The molecule has 0 spiro atoms. The minimum Gasteiger partial charge on any atom is -0.455 e. The predicted octanol–water partition coefficient (Wildman–Crippen LogP) is 5.79. The van der Waals surface area contributed by atoms with Crippen molar-refractivity contribution in [3.8, 4) is 22.5 Å². The Balaban J connectivity index is 1.80. The van der Waals surface area contributed by atoms with Crippen LogP contribution in [0.25, 0.3) is 33.4 Å². The van der Waals surface area contributed by atoms with Gasteiger partial charge in [-0.1, -0.05) is 25.1 Å². The topological polar surface area (TPSA) is 71.3 Å². The molecule has 2 N–H and O–H groups in total. The summed E-state index contributed by atoms with van der Waals surface area (Å²) in [4.78, 5) is 25.3. The van der Waals surface area contributed by atoms with Gasteiger partial charge in [0.2, 0.25) is 0 Å². The number of rotatable bonds is 6. The summed E-state index contributed by atoms with van der Waals surface area (Å²) in [5.41, 5.74) is 3.79. The van der Waals surface area contributed by atoms with Crippen molar-refractivity contribution in [1.82, 2.24) is 10.6 Å². The van der Waals surface area contributed by atoms with Crippen LogP contribution in [0.5, 0.6) is 0 Å². The highest BCUT2D eigenvalue weighted by Gasteiger charge is 2.22. The first-order valence-electron chi connectivity index (χ1n) is 10.9. The van der Waals surface area contributed by atoms with Gasteiger partial charge in [0, 0.05) is 29.6 Å². The number of halogens is 1. The first kappa shape index (κ1) is 22.3. The number of hydrogen-bond donors (Lipinski definition) is 2. The van der Waals surface area contributed by atoms with E-state index >= 15 is 0 Å². The molecule has 0 saturated heterocycles. The Hall–Kier alpha value is -3.93. The second kappa shape index (κ2) is 9.28. The zero-order chi connectivity index (χ0) is 23.5. The van der Waals surface area contributed by atoms with E-state index in [1.165, 1.54) is 12.1 Å². The van der Waals surface area contributed by atoms with Crippen molar-refractivity contribution in [1.29, 1.82) is 0 Å². The number of carbonyl (C=O) groups excluding carboxylic acids is 2. The van der Waals surface area contributed by atoms with E-state index < -0.39 is 0 Å². The third kappa shape index (κ3) is 4.51. The Kier molecular flexibility index (Phi) is 6.27. The van der Waals surface area contributed by atoms with Crippen LogP contribution >= 0.6 is 0 Å². The molecule has 33 heavy (non-hydrogen) atoms. The maximum atomic E-state index is 13.4. The molecule has 0 aliphatic heterocycles. The van der Waals surface area contributed by atoms with E-state index in [-0.39, 0.29) is 23.7 Å². The number of furan rings is 1. The van der Waals surface area contributed by atoms with Crippen LogP contribution in [0, 0.1) is 5.82 Å². The smallest absolute Gasteiger partial charge is 0.255 e. The molecule has 168 valence electrons. The van der Waals surface area contributed by atoms with Crippen LogP contribution in [0.3, 0.4) is 0 Å². The first-order valence-corrected chi connectivity index (χ1v) is 10.9. The molecular weight excluding hydrogens is 419 g/mol. The van der Waals surface area contributed by atoms with Gasteiger partial charge in [0.25, 0.3) is 11.8 Å². The average molecular weight is 445 g/mol. The van der Waals surface area contributed by atoms with E-state index in [1.807, 2.05) is 44.2 Å². The zero-order valence-corrected chi connectivity index (χ0v) is 18.7. The van der Waals surface area contributed by atoms with Crippen molar-refractivity contribution in [3.05, 3.63) is 83.7 Å².